The van der Waals surface area contributed by atoms with Gasteiger partial charge in [-0.05, 0) is 30.2 Å². The molecule has 1 amide bonds. The summed E-state index contributed by atoms with van der Waals surface area (Å²) in [5.74, 6) is -0.456. The van der Waals surface area contributed by atoms with Crippen LogP contribution in [0.3, 0.4) is 0 Å². The van der Waals surface area contributed by atoms with Crippen LogP contribution in [0.15, 0.2) is 53.6 Å². The first-order chi connectivity index (χ1) is 13.9. The van der Waals surface area contributed by atoms with Gasteiger partial charge in [0.25, 0.3) is 11.6 Å². The number of hydrazone groups is 1. The average molecular weight is 391 g/mol. The molecule has 0 spiro atoms. The van der Waals surface area contributed by atoms with Gasteiger partial charge in [-0.3, -0.25) is 20.3 Å². The highest BCUT2D eigenvalue weighted by atomic mass is 16.6. The van der Waals surface area contributed by atoms with Crippen LogP contribution < -0.4 is 22.2 Å². The first-order valence-corrected chi connectivity index (χ1v) is 8.68. The molecule has 10 heteroatoms. The molecule has 0 fully saturated rings. The van der Waals surface area contributed by atoms with Gasteiger partial charge in [0.05, 0.1) is 10.6 Å². The summed E-state index contributed by atoms with van der Waals surface area (Å²) in [6.45, 7) is 0. The number of allylic oxidation sites excluding steroid dienone is 1. The molecule has 1 aliphatic carbocycles. The summed E-state index contributed by atoms with van der Waals surface area (Å²) in [4.78, 5) is 26.1. The van der Waals surface area contributed by atoms with Crippen LogP contribution in [0, 0.1) is 10.1 Å². The van der Waals surface area contributed by atoms with Crippen molar-refractivity contribution in [3.63, 3.8) is 0 Å². The number of H-pyrrole nitrogens is 1. The van der Waals surface area contributed by atoms with Gasteiger partial charge >= 0.3 is 0 Å². The number of hydrogen-bond acceptors (Lipinski definition) is 5. The number of nitro groups is 1. The average Bonchev–Trinajstić information content (AvgIpc) is 3.29. The number of nitrogens with zero attached hydrogens (tertiary/aromatic N) is 2. The predicted molar refractivity (Wildman–Crippen MR) is 110 cm³/mol. The van der Waals surface area contributed by atoms with E-state index in [0.717, 1.165) is 16.8 Å². The summed E-state index contributed by atoms with van der Waals surface area (Å²) >= 11 is 0. The molecule has 0 saturated heterocycles. The number of aromatic nitrogens is 1. The zero-order chi connectivity index (χ0) is 20.5. The SMILES string of the molecule is NC(N)=NNC1=CCc2cc(NC(=O)c3cc4cccc([N+](=O)[O-])c4[nH]3)ccc21. The summed E-state index contributed by atoms with van der Waals surface area (Å²) in [7, 11) is 0. The second-order valence-electron chi connectivity index (χ2n) is 6.48. The van der Waals surface area contributed by atoms with E-state index in [-0.39, 0.29) is 23.2 Å². The van der Waals surface area contributed by atoms with Crippen molar-refractivity contribution in [3.8, 4) is 0 Å². The second kappa shape index (κ2) is 7.00. The number of non-ortho nitro benzene ring substituents is 1. The fraction of sp³-hybridized carbons (Fsp3) is 0.0526. The molecule has 0 unspecified atom stereocenters. The van der Waals surface area contributed by atoms with Gasteiger partial charge in [0.2, 0.25) is 5.96 Å². The smallest absolute Gasteiger partial charge is 0.293 e. The minimum absolute atomic E-state index is 0.0678. The maximum atomic E-state index is 12.6. The van der Waals surface area contributed by atoms with E-state index in [9.17, 15) is 14.9 Å². The number of nitro benzene ring substituents is 1. The molecule has 146 valence electrons. The number of fused-ring (bicyclic) bond motifs is 2. The Bertz CT molecular complexity index is 1210. The molecule has 7 N–H and O–H groups in total. The zero-order valence-corrected chi connectivity index (χ0v) is 15.1. The van der Waals surface area contributed by atoms with Gasteiger partial charge < -0.3 is 21.8 Å². The molecule has 1 aliphatic rings. The van der Waals surface area contributed by atoms with E-state index in [1.807, 2.05) is 18.2 Å². The lowest BCUT2D eigenvalue weighted by Crippen LogP contribution is -2.25. The van der Waals surface area contributed by atoms with Crippen molar-refractivity contribution in [1.82, 2.24) is 10.4 Å². The number of carbonyl (C=O) groups excluding carboxylic acids is 1. The molecule has 1 aromatic heterocycles. The molecule has 3 aromatic rings. The Morgan fingerprint density at radius 3 is 2.79 bits per heavy atom. The fourth-order valence-corrected chi connectivity index (χ4v) is 3.27. The van der Waals surface area contributed by atoms with Crippen LogP contribution in [0.1, 0.15) is 21.6 Å². The first-order valence-electron chi connectivity index (χ1n) is 8.68. The molecule has 4 rings (SSSR count). The van der Waals surface area contributed by atoms with Gasteiger partial charge in [0.15, 0.2) is 0 Å². The number of nitrogens with one attached hydrogen (secondary N) is 3. The zero-order valence-electron chi connectivity index (χ0n) is 15.1. The molecular formula is C19H17N7O3. The predicted octanol–water partition coefficient (Wildman–Crippen LogP) is 2.00. The lowest BCUT2D eigenvalue weighted by Gasteiger charge is -2.09. The van der Waals surface area contributed by atoms with Crippen molar-refractivity contribution in [2.45, 2.75) is 6.42 Å². The monoisotopic (exact) mass is 391 g/mol. The topological polar surface area (TPSA) is 164 Å². The minimum Gasteiger partial charge on any atom is -0.369 e. The largest absolute Gasteiger partial charge is 0.369 e. The summed E-state index contributed by atoms with van der Waals surface area (Å²) in [6, 6.07) is 11.7. The molecule has 0 radical (unpaired) electrons. The number of amides is 1. The molecule has 10 nitrogen and oxygen atoms in total. The van der Waals surface area contributed by atoms with Gasteiger partial charge in [0, 0.05) is 22.7 Å². The van der Waals surface area contributed by atoms with E-state index in [0.29, 0.717) is 23.0 Å². The molecule has 0 bridgehead atoms. The lowest BCUT2D eigenvalue weighted by molar-refractivity contribution is -0.383. The van der Waals surface area contributed by atoms with Crippen molar-refractivity contribution in [2.24, 2.45) is 16.6 Å². The van der Waals surface area contributed by atoms with E-state index < -0.39 is 4.92 Å². The third-order valence-corrected chi connectivity index (χ3v) is 4.56. The van der Waals surface area contributed by atoms with Gasteiger partial charge in [-0.25, -0.2) is 0 Å². The molecule has 0 atom stereocenters. The summed E-state index contributed by atoms with van der Waals surface area (Å²) in [5, 5.41) is 18.4. The number of guanidine groups is 1. The lowest BCUT2D eigenvalue weighted by atomic mass is 10.1. The molecular weight excluding hydrogens is 374 g/mol. The normalized spacial score (nSPS) is 12.2. The Kier molecular flexibility index (Phi) is 4.36. The van der Waals surface area contributed by atoms with Gasteiger partial charge in [-0.15, -0.1) is 5.10 Å². The molecule has 1 heterocycles. The van der Waals surface area contributed by atoms with Crippen molar-refractivity contribution in [3.05, 3.63) is 75.5 Å². The standard InChI is InChI=1S/C19H17N7O3/c20-19(21)25-24-14-7-4-10-8-12(5-6-13(10)14)22-18(27)15-9-11-2-1-3-16(26(28)29)17(11)23-15/h1-3,5-9,23-24H,4H2,(H,22,27)(H4,20,21,25). The Balaban J connectivity index is 1.54. The molecule has 0 aliphatic heterocycles. The van der Waals surface area contributed by atoms with E-state index in [1.54, 1.807) is 24.3 Å². The van der Waals surface area contributed by atoms with Gasteiger partial charge in [-0.2, -0.15) is 0 Å². The van der Waals surface area contributed by atoms with Crippen LogP contribution in [0.4, 0.5) is 11.4 Å². The van der Waals surface area contributed by atoms with Crippen molar-refractivity contribution in [1.29, 1.82) is 0 Å². The number of hydrogen-bond donors (Lipinski definition) is 5. The maximum absolute atomic E-state index is 12.6. The number of rotatable bonds is 5. The van der Waals surface area contributed by atoms with Crippen LogP contribution in [0.5, 0.6) is 0 Å². The van der Waals surface area contributed by atoms with Crippen molar-refractivity contribution < 1.29 is 9.72 Å². The molecule has 0 saturated carbocycles. The number of para-hydroxylation sites is 1. The maximum Gasteiger partial charge on any atom is 0.293 e. The summed E-state index contributed by atoms with van der Waals surface area (Å²) in [5.41, 5.74) is 17.3. The summed E-state index contributed by atoms with van der Waals surface area (Å²) < 4.78 is 0. The van der Waals surface area contributed by atoms with Crippen LogP contribution in [0.25, 0.3) is 16.6 Å². The summed E-state index contributed by atoms with van der Waals surface area (Å²) in [6.07, 6.45) is 2.61. The van der Waals surface area contributed by atoms with Crippen LogP contribution >= 0.6 is 0 Å². The Hall–Kier alpha value is -4.34. The highest BCUT2D eigenvalue weighted by Gasteiger charge is 2.18. The van der Waals surface area contributed by atoms with E-state index in [2.05, 4.69) is 20.8 Å². The quantitative estimate of drug-likeness (QED) is 0.193. The molecule has 29 heavy (non-hydrogen) atoms. The highest BCUT2D eigenvalue weighted by Crippen LogP contribution is 2.29. The number of carbonyl (C=O) groups is 1. The van der Waals surface area contributed by atoms with Gasteiger partial charge in [-0.1, -0.05) is 24.3 Å². The third-order valence-electron chi connectivity index (χ3n) is 4.56. The third kappa shape index (κ3) is 3.46. The van der Waals surface area contributed by atoms with Crippen molar-refractivity contribution in [2.75, 3.05) is 5.32 Å². The number of benzene rings is 2. The van der Waals surface area contributed by atoms with E-state index in [1.165, 1.54) is 6.07 Å². The Morgan fingerprint density at radius 1 is 1.21 bits per heavy atom. The Morgan fingerprint density at radius 2 is 2.03 bits per heavy atom. The van der Waals surface area contributed by atoms with Gasteiger partial charge in [0.1, 0.15) is 11.2 Å². The van der Waals surface area contributed by atoms with Crippen molar-refractivity contribution >= 4 is 39.8 Å². The fourth-order valence-electron chi connectivity index (χ4n) is 3.27. The first kappa shape index (κ1) is 18.0. The van der Waals surface area contributed by atoms with Crippen LogP contribution in [0.2, 0.25) is 0 Å². The second-order valence-corrected chi connectivity index (χ2v) is 6.48. The van der Waals surface area contributed by atoms with Crippen LogP contribution in [-0.4, -0.2) is 21.8 Å². The van der Waals surface area contributed by atoms with Crippen LogP contribution in [-0.2, 0) is 6.42 Å². The number of aromatic amines is 1. The highest BCUT2D eigenvalue weighted by molar-refractivity contribution is 6.07. The minimum atomic E-state index is -0.484. The van der Waals surface area contributed by atoms with E-state index >= 15 is 0 Å². The Labute approximate surface area is 164 Å². The van der Waals surface area contributed by atoms with E-state index in [4.69, 9.17) is 11.5 Å². The number of nitrogens with two attached hydrogens (primary N) is 2. The number of anilines is 1. The molecule has 2 aromatic carbocycles.